The quantitative estimate of drug-likeness (QED) is 0.433. The summed E-state index contributed by atoms with van der Waals surface area (Å²) < 4.78 is 3.99. The number of fused-ring (bicyclic) bond motifs is 1. The number of rotatable bonds is 6. The zero-order valence-electron chi connectivity index (χ0n) is 14.6. The molecular weight excluding hydrogens is 384 g/mol. The first-order chi connectivity index (χ1) is 12.9. The van der Waals surface area contributed by atoms with Gasteiger partial charge in [0.2, 0.25) is 0 Å². The molecule has 2 aromatic heterocycles. The summed E-state index contributed by atoms with van der Waals surface area (Å²) in [6, 6.07) is 4.86. The second-order valence-corrected chi connectivity index (χ2v) is 6.68. The zero-order chi connectivity index (χ0) is 19.6. The molecular formula is C17H18N6O2S2. The van der Waals surface area contributed by atoms with Crippen LogP contribution in [0.5, 0.6) is 0 Å². The molecule has 3 N–H and O–H groups in total. The average molecular weight is 403 g/mol. The minimum absolute atomic E-state index is 0.216. The van der Waals surface area contributed by atoms with Crippen LogP contribution in [0.1, 0.15) is 16.2 Å². The van der Waals surface area contributed by atoms with E-state index >= 15 is 0 Å². The van der Waals surface area contributed by atoms with Crippen LogP contribution >= 0.6 is 24.4 Å². The minimum Gasteiger partial charge on any atom is -0.352 e. The lowest BCUT2D eigenvalue weighted by atomic mass is 10.1. The number of carbonyl (C=O) groups is 1. The predicted molar refractivity (Wildman–Crippen MR) is 108 cm³/mol. The Balaban J connectivity index is 1.79. The standard InChI is InChI=1S/C17H18N6O2S2/c1-3-8-23-15(25)11-5-4-10(9-12(11)19-16(23)26)14(24)18-7-6-13-20-21-17(27)22(13)2/h3-5,9H,1,6-8H2,2H3,(H,18,24)(H,19,26)(H,21,27). The molecule has 0 spiro atoms. The van der Waals surface area contributed by atoms with Crippen molar-refractivity contribution < 1.29 is 4.79 Å². The number of benzene rings is 1. The molecule has 0 bridgehead atoms. The number of hydrogen-bond acceptors (Lipinski definition) is 5. The molecule has 0 unspecified atom stereocenters. The highest BCUT2D eigenvalue weighted by Crippen LogP contribution is 2.11. The van der Waals surface area contributed by atoms with E-state index in [2.05, 4.69) is 27.1 Å². The van der Waals surface area contributed by atoms with Gasteiger partial charge >= 0.3 is 0 Å². The van der Waals surface area contributed by atoms with E-state index in [1.54, 1.807) is 28.8 Å². The third kappa shape index (κ3) is 3.81. The van der Waals surface area contributed by atoms with E-state index in [-0.39, 0.29) is 16.2 Å². The Kier molecular flexibility index (Phi) is 5.47. The smallest absolute Gasteiger partial charge is 0.262 e. The van der Waals surface area contributed by atoms with Crippen molar-refractivity contribution in [3.05, 3.63) is 62.1 Å². The molecule has 10 heteroatoms. The van der Waals surface area contributed by atoms with Crippen molar-refractivity contribution >= 4 is 41.2 Å². The lowest BCUT2D eigenvalue weighted by Gasteiger charge is -2.08. The van der Waals surface area contributed by atoms with E-state index in [1.807, 2.05) is 7.05 Å². The number of carbonyl (C=O) groups excluding carboxylic acids is 1. The topological polar surface area (TPSA) is 100 Å². The Morgan fingerprint density at radius 3 is 2.81 bits per heavy atom. The van der Waals surface area contributed by atoms with Gasteiger partial charge in [0.05, 0.1) is 10.9 Å². The average Bonchev–Trinajstić information content (AvgIpc) is 2.96. The molecule has 0 saturated carbocycles. The van der Waals surface area contributed by atoms with Gasteiger partial charge in [0.25, 0.3) is 11.5 Å². The maximum Gasteiger partial charge on any atom is 0.262 e. The first kappa shape index (κ1) is 18.9. The summed E-state index contributed by atoms with van der Waals surface area (Å²) in [5.41, 5.74) is 0.739. The molecule has 27 heavy (non-hydrogen) atoms. The van der Waals surface area contributed by atoms with Crippen LogP contribution in [0.25, 0.3) is 10.9 Å². The van der Waals surface area contributed by atoms with Crippen LogP contribution in [0.15, 0.2) is 35.6 Å². The van der Waals surface area contributed by atoms with Gasteiger partial charge in [-0.2, -0.15) is 5.10 Å². The Morgan fingerprint density at radius 2 is 2.15 bits per heavy atom. The summed E-state index contributed by atoms with van der Waals surface area (Å²) in [6.07, 6.45) is 2.14. The van der Waals surface area contributed by atoms with Crippen LogP contribution in [-0.2, 0) is 20.0 Å². The van der Waals surface area contributed by atoms with Crippen molar-refractivity contribution in [1.82, 2.24) is 29.6 Å². The van der Waals surface area contributed by atoms with Crippen molar-refractivity contribution in [3.8, 4) is 0 Å². The maximum atomic E-state index is 12.5. The van der Waals surface area contributed by atoms with Gasteiger partial charge in [0, 0.05) is 32.1 Å². The second kappa shape index (κ2) is 7.80. The molecule has 0 aliphatic heterocycles. The molecule has 0 radical (unpaired) electrons. The highest BCUT2D eigenvalue weighted by atomic mass is 32.1. The van der Waals surface area contributed by atoms with Gasteiger partial charge in [0.15, 0.2) is 9.54 Å². The van der Waals surface area contributed by atoms with Crippen molar-refractivity contribution in [2.45, 2.75) is 13.0 Å². The molecule has 1 amide bonds. The van der Waals surface area contributed by atoms with E-state index in [1.165, 1.54) is 4.57 Å². The molecule has 0 saturated heterocycles. The maximum absolute atomic E-state index is 12.5. The van der Waals surface area contributed by atoms with Gasteiger partial charge in [-0.3, -0.25) is 19.3 Å². The third-order valence-corrected chi connectivity index (χ3v) is 4.85. The Labute approximate surface area is 164 Å². The minimum atomic E-state index is -0.247. The molecule has 8 nitrogen and oxygen atoms in total. The van der Waals surface area contributed by atoms with E-state index in [4.69, 9.17) is 24.4 Å². The summed E-state index contributed by atoms with van der Waals surface area (Å²) >= 11 is 10.3. The second-order valence-electron chi connectivity index (χ2n) is 5.90. The van der Waals surface area contributed by atoms with E-state index in [0.29, 0.717) is 40.7 Å². The van der Waals surface area contributed by atoms with E-state index in [0.717, 1.165) is 5.82 Å². The molecule has 1 aromatic carbocycles. The fourth-order valence-corrected chi connectivity index (χ4v) is 3.10. The molecule has 3 aromatic rings. The van der Waals surface area contributed by atoms with E-state index < -0.39 is 0 Å². The van der Waals surface area contributed by atoms with Crippen LogP contribution < -0.4 is 10.9 Å². The number of nitrogens with one attached hydrogen (secondary N) is 3. The Bertz CT molecular complexity index is 1200. The van der Waals surface area contributed by atoms with Gasteiger partial charge in [-0.05, 0) is 42.6 Å². The number of aromatic amines is 2. The molecule has 0 aliphatic carbocycles. The Morgan fingerprint density at radius 1 is 1.37 bits per heavy atom. The highest BCUT2D eigenvalue weighted by molar-refractivity contribution is 7.71. The van der Waals surface area contributed by atoms with Crippen LogP contribution in [-0.4, -0.2) is 36.8 Å². The number of amides is 1. The SMILES string of the molecule is C=CCn1c(=S)[nH]c2cc(C(=O)NCCc3n[nH]c(=S)n3C)ccc2c1=O. The van der Waals surface area contributed by atoms with Crippen LogP contribution in [0.3, 0.4) is 0 Å². The van der Waals surface area contributed by atoms with Crippen molar-refractivity contribution in [2.24, 2.45) is 7.05 Å². The van der Waals surface area contributed by atoms with Gasteiger partial charge in [-0.1, -0.05) is 6.08 Å². The van der Waals surface area contributed by atoms with Crippen LogP contribution in [0, 0.1) is 9.54 Å². The summed E-state index contributed by atoms with van der Waals surface area (Å²) in [7, 11) is 1.81. The van der Waals surface area contributed by atoms with Gasteiger partial charge in [-0.25, -0.2) is 0 Å². The number of H-pyrrole nitrogens is 2. The van der Waals surface area contributed by atoms with Crippen molar-refractivity contribution in [2.75, 3.05) is 6.54 Å². The molecule has 140 valence electrons. The lowest BCUT2D eigenvalue weighted by molar-refractivity contribution is 0.0954. The highest BCUT2D eigenvalue weighted by Gasteiger charge is 2.10. The molecule has 3 rings (SSSR count). The summed E-state index contributed by atoms with van der Waals surface area (Å²) in [4.78, 5) is 27.9. The zero-order valence-corrected chi connectivity index (χ0v) is 16.2. The van der Waals surface area contributed by atoms with Gasteiger partial charge < -0.3 is 14.9 Å². The third-order valence-electron chi connectivity index (χ3n) is 4.16. The molecule has 0 atom stereocenters. The normalized spacial score (nSPS) is 10.9. The molecule has 0 fully saturated rings. The first-order valence-corrected chi connectivity index (χ1v) is 9.00. The summed E-state index contributed by atoms with van der Waals surface area (Å²) in [5, 5.41) is 10.1. The predicted octanol–water partition coefficient (Wildman–Crippen LogP) is 2.01. The van der Waals surface area contributed by atoms with Crippen molar-refractivity contribution in [3.63, 3.8) is 0 Å². The monoisotopic (exact) mass is 402 g/mol. The number of hydrogen-bond donors (Lipinski definition) is 3. The fraction of sp³-hybridized carbons (Fsp3) is 0.235. The summed E-state index contributed by atoms with van der Waals surface area (Å²) in [6.45, 7) is 4.35. The van der Waals surface area contributed by atoms with Gasteiger partial charge in [-0.15, -0.1) is 6.58 Å². The number of allylic oxidation sites excluding steroid dienone is 1. The summed E-state index contributed by atoms with van der Waals surface area (Å²) in [5.74, 6) is 0.508. The van der Waals surface area contributed by atoms with Crippen LogP contribution in [0.2, 0.25) is 0 Å². The molecule has 2 heterocycles. The van der Waals surface area contributed by atoms with Crippen LogP contribution in [0.4, 0.5) is 0 Å². The fourth-order valence-electron chi connectivity index (χ4n) is 2.68. The first-order valence-electron chi connectivity index (χ1n) is 8.18. The lowest BCUT2D eigenvalue weighted by Crippen LogP contribution is -2.27. The number of aromatic nitrogens is 5. The van der Waals surface area contributed by atoms with Crippen molar-refractivity contribution in [1.29, 1.82) is 0 Å². The van der Waals surface area contributed by atoms with E-state index in [9.17, 15) is 9.59 Å². The number of nitrogens with zero attached hydrogens (tertiary/aromatic N) is 3. The largest absolute Gasteiger partial charge is 0.352 e. The molecule has 0 aliphatic rings. The Hall–Kier alpha value is -2.85. The van der Waals surface area contributed by atoms with Gasteiger partial charge in [0.1, 0.15) is 5.82 Å².